The minimum Gasteiger partial charge on any atom is -0.373 e. The van der Waals surface area contributed by atoms with Crippen molar-refractivity contribution in [3.8, 4) is 11.3 Å². The Balaban J connectivity index is 1.86. The van der Waals surface area contributed by atoms with Crippen LogP contribution in [0.25, 0.3) is 33.2 Å². The zero-order valence-electron chi connectivity index (χ0n) is 24.0. The summed E-state index contributed by atoms with van der Waals surface area (Å²) in [5.74, 6) is -0.202. The molecule has 3 heterocycles. The molecule has 1 aromatic carbocycles. The van der Waals surface area contributed by atoms with E-state index in [1.807, 2.05) is 12.3 Å². The maximum Gasteiger partial charge on any atom is 0.169 e. The standard InChI is InChI=1S/C29H43FN4OSi2/c1-20(2)37(21(3)4,22(5)6)34-17-26(24-11-10-23(30)16-27(24)34)28-25-12-13-33(29(25)32-18-31-28)19-35-14-15-36(7,8)9/h10-13,16-18,20-22H,14-15,19H2,1-9H3. The van der Waals surface area contributed by atoms with Crippen molar-refractivity contribution in [2.45, 2.75) is 90.6 Å². The van der Waals surface area contributed by atoms with E-state index < -0.39 is 16.3 Å². The van der Waals surface area contributed by atoms with Crippen molar-refractivity contribution in [1.82, 2.24) is 18.8 Å². The Morgan fingerprint density at radius 2 is 1.59 bits per heavy atom. The molecule has 0 unspecified atom stereocenters. The second-order valence-corrected chi connectivity index (χ2v) is 23.9. The average molecular weight is 539 g/mol. The zero-order valence-corrected chi connectivity index (χ0v) is 26.0. The van der Waals surface area contributed by atoms with Gasteiger partial charge in [0, 0.05) is 48.9 Å². The van der Waals surface area contributed by atoms with Gasteiger partial charge in [-0.2, -0.15) is 0 Å². The van der Waals surface area contributed by atoms with E-state index in [4.69, 9.17) is 9.72 Å². The second kappa shape index (κ2) is 10.5. The molecule has 0 N–H and O–H groups in total. The van der Waals surface area contributed by atoms with E-state index in [9.17, 15) is 4.39 Å². The van der Waals surface area contributed by atoms with Crippen LogP contribution >= 0.6 is 0 Å². The average Bonchev–Trinajstić information content (AvgIpc) is 3.37. The lowest BCUT2D eigenvalue weighted by Crippen LogP contribution is -2.51. The number of rotatable bonds is 10. The molecular weight excluding hydrogens is 496 g/mol. The summed E-state index contributed by atoms with van der Waals surface area (Å²) in [5.41, 5.74) is 5.22. The lowest BCUT2D eigenvalue weighted by Gasteiger charge is -2.44. The van der Waals surface area contributed by atoms with E-state index in [1.54, 1.807) is 18.5 Å². The fourth-order valence-corrected chi connectivity index (χ4v) is 13.8. The Labute approximate surface area is 223 Å². The third kappa shape index (κ3) is 5.07. The highest BCUT2D eigenvalue weighted by atomic mass is 28.3. The van der Waals surface area contributed by atoms with E-state index in [1.165, 1.54) is 0 Å². The van der Waals surface area contributed by atoms with Gasteiger partial charge >= 0.3 is 0 Å². The third-order valence-electron chi connectivity index (χ3n) is 8.00. The largest absolute Gasteiger partial charge is 0.373 e. The summed E-state index contributed by atoms with van der Waals surface area (Å²) in [6.07, 6.45) is 5.94. The topological polar surface area (TPSA) is 44.9 Å². The Kier molecular flexibility index (Phi) is 7.84. The summed E-state index contributed by atoms with van der Waals surface area (Å²) >= 11 is 0. The van der Waals surface area contributed by atoms with Gasteiger partial charge in [0.05, 0.1) is 5.69 Å². The van der Waals surface area contributed by atoms with Gasteiger partial charge in [-0.15, -0.1) is 0 Å². The molecule has 0 saturated heterocycles. The van der Waals surface area contributed by atoms with Crippen molar-refractivity contribution in [2.24, 2.45) is 0 Å². The number of ether oxygens (including phenoxy) is 1. The van der Waals surface area contributed by atoms with Gasteiger partial charge in [-0.25, -0.2) is 14.4 Å². The molecule has 37 heavy (non-hydrogen) atoms. The van der Waals surface area contributed by atoms with E-state index in [2.05, 4.69) is 87.2 Å². The van der Waals surface area contributed by atoms with Gasteiger partial charge in [0.25, 0.3) is 0 Å². The van der Waals surface area contributed by atoms with Gasteiger partial charge in [0.15, 0.2) is 8.24 Å². The Hall–Kier alpha value is -2.30. The quantitative estimate of drug-likeness (QED) is 0.150. The summed E-state index contributed by atoms with van der Waals surface area (Å²) in [6.45, 7) is 22.3. The third-order valence-corrected chi connectivity index (χ3v) is 16.5. The van der Waals surface area contributed by atoms with E-state index in [0.29, 0.717) is 23.4 Å². The Morgan fingerprint density at radius 1 is 0.919 bits per heavy atom. The highest BCUT2D eigenvalue weighted by molar-refractivity contribution is 6.82. The first-order chi connectivity index (χ1) is 17.4. The lowest BCUT2D eigenvalue weighted by molar-refractivity contribution is 0.0899. The summed E-state index contributed by atoms with van der Waals surface area (Å²) in [5, 5.41) is 2.03. The number of hydrogen-bond donors (Lipinski definition) is 0. The highest BCUT2D eigenvalue weighted by Crippen LogP contribution is 2.46. The van der Waals surface area contributed by atoms with Crippen LogP contribution in [-0.4, -0.2) is 41.7 Å². The van der Waals surface area contributed by atoms with Crippen molar-refractivity contribution in [3.05, 3.63) is 48.8 Å². The molecule has 0 aliphatic heterocycles. The summed E-state index contributed by atoms with van der Waals surface area (Å²) in [6, 6.07) is 8.41. The van der Waals surface area contributed by atoms with Crippen LogP contribution < -0.4 is 0 Å². The molecule has 0 saturated carbocycles. The number of aromatic nitrogens is 4. The predicted molar refractivity (Wildman–Crippen MR) is 159 cm³/mol. The number of fused-ring (bicyclic) bond motifs is 2. The fourth-order valence-electron chi connectivity index (χ4n) is 6.41. The van der Waals surface area contributed by atoms with E-state index in [0.717, 1.165) is 45.8 Å². The molecule has 4 rings (SSSR count). The molecule has 0 aliphatic carbocycles. The fraction of sp³-hybridized carbons (Fsp3) is 0.517. The number of hydrogen-bond acceptors (Lipinski definition) is 3. The van der Waals surface area contributed by atoms with E-state index in [-0.39, 0.29) is 5.82 Å². The molecule has 5 nitrogen and oxygen atoms in total. The van der Waals surface area contributed by atoms with Gasteiger partial charge in [0.1, 0.15) is 24.5 Å². The summed E-state index contributed by atoms with van der Waals surface area (Å²) < 4.78 is 25.2. The maximum atomic E-state index is 14.7. The molecule has 3 aromatic heterocycles. The molecule has 0 radical (unpaired) electrons. The van der Waals surface area contributed by atoms with Crippen molar-refractivity contribution in [3.63, 3.8) is 0 Å². The van der Waals surface area contributed by atoms with Crippen LogP contribution in [0.3, 0.4) is 0 Å². The minimum absolute atomic E-state index is 0.202. The van der Waals surface area contributed by atoms with Crippen LogP contribution in [0.5, 0.6) is 0 Å². The van der Waals surface area contributed by atoms with Crippen LogP contribution in [0, 0.1) is 5.82 Å². The SMILES string of the molecule is CC(C)[Si](C(C)C)(C(C)C)n1cc(-c2ncnc3c2ccn3COCC[Si](C)(C)C)c2ccc(F)cc21. The molecule has 4 aromatic rings. The monoisotopic (exact) mass is 538 g/mol. The molecule has 0 atom stereocenters. The second-order valence-electron chi connectivity index (χ2n) is 12.5. The molecule has 0 fully saturated rings. The van der Waals surface area contributed by atoms with Crippen LogP contribution in [0.2, 0.25) is 42.3 Å². The maximum absolute atomic E-state index is 14.7. The van der Waals surface area contributed by atoms with Crippen LogP contribution in [0.4, 0.5) is 4.39 Å². The van der Waals surface area contributed by atoms with Crippen molar-refractivity contribution < 1.29 is 9.13 Å². The van der Waals surface area contributed by atoms with Gasteiger partial charge in [0.2, 0.25) is 0 Å². The first-order valence-electron chi connectivity index (χ1n) is 13.6. The highest BCUT2D eigenvalue weighted by Gasteiger charge is 2.46. The molecule has 200 valence electrons. The van der Waals surface area contributed by atoms with Gasteiger partial charge in [-0.05, 0) is 46.9 Å². The van der Waals surface area contributed by atoms with Crippen LogP contribution in [0.1, 0.15) is 41.5 Å². The smallest absolute Gasteiger partial charge is 0.169 e. The number of nitrogens with zero attached hydrogens (tertiary/aromatic N) is 4. The molecule has 0 bridgehead atoms. The van der Waals surface area contributed by atoms with Crippen LogP contribution in [0.15, 0.2) is 43.0 Å². The van der Waals surface area contributed by atoms with Gasteiger partial charge in [-0.3, -0.25) is 0 Å². The molecular formula is C29H43FN4OSi2. The lowest BCUT2D eigenvalue weighted by atomic mass is 10.1. The summed E-state index contributed by atoms with van der Waals surface area (Å²) in [4.78, 5) is 9.38. The number of benzene rings is 1. The van der Waals surface area contributed by atoms with Gasteiger partial charge < -0.3 is 13.5 Å². The predicted octanol–water partition coefficient (Wildman–Crippen LogP) is 8.53. The molecule has 0 amide bonds. The number of halogens is 1. The van der Waals surface area contributed by atoms with Gasteiger partial charge in [-0.1, -0.05) is 61.2 Å². The Bertz CT molecular complexity index is 1360. The van der Waals surface area contributed by atoms with Crippen molar-refractivity contribution in [1.29, 1.82) is 0 Å². The van der Waals surface area contributed by atoms with Crippen LogP contribution in [-0.2, 0) is 11.5 Å². The van der Waals surface area contributed by atoms with Crippen molar-refractivity contribution >= 4 is 38.2 Å². The normalized spacial score (nSPS) is 13.2. The first kappa shape index (κ1) is 27.7. The summed E-state index contributed by atoms with van der Waals surface area (Å²) in [7, 11) is -3.26. The Morgan fingerprint density at radius 3 is 2.22 bits per heavy atom. The molecule has 8 heteroatoms. The zero-order chi connectivity index (χ0) is 27.1. The van der Waals surface area contributed by atoms with Crippen molar-refractivity contribution in [2.75, 3.05) is 6.61 Å². The minimum atomic E-state index is -2.12. The van der Waals surface area contributed by atoms with E-state index >= 15 is 0 Å². The first-order valence-corrected chi connectivity index (χ1v) is 19.5. The molecule has 0 spiro atoms. The molecule has 0 aliphatic rings.